The number of hydrogen-bond acceptors (Lipinski definition) is 8. The quantitative estimate of drug-likeness (QED) is 0.444. The van der Waals surface area contributed by atoms with E-state index in [0.29, 0.717) is 12.8 Å². The summed E-state index contributed by atoms with van der Waals surface area (Å²) in [7, 11) is 1.24. The summed E-state index contributed by atoms with van der Waals surface area (Å²) < 4.78 is 16.1. The molecule has 0 aliphatic carbocycles. The number of rotatable bonds is 10. The monoisotopic (exact) mass is 491 g/mol. The fourth-order valence-corrected chi connectivity index (χ4v) is 4.05. The van der Waals surface area contributed by atoms with Gasteiger partial charge in [-0.2, -0.15) is 0 Å². The van der Waals surface area contributed by atoms with E-state index in [1.54, 1.807) is 0 Å². The highest BCUT2D eigenvalue weighted by molar-refractivity contribution is 9.11. The van der Waals surface area contributed by atoms with E-state index < -0.39 is 41.8 Å². The minimum atomic E-state index is -1.79. The molecule has 0 spiro atoms. The van der Waals surface area contributed by atoms with E-state index in [0.717, 1.165) is 17.7 Å². The van der Waals surface area contributed by atoms with E-state index in [1.807, 2.05) is 13.8 Å². The highest BCUT2D eigenvalue weighted by atomic mass is 79.9. The van der Waals surface area contributed by atoms with Gasteiger partial charge in [-0.15, -0.1) is 0 Å². The van der Waals surface area contributed by atoms with Crippen LogP contribution < -0.4 is 0 Å². The van der Waals surface area contributed by atoms with E-state index in [1.165, 1.54) is 13.2 Å². The molecule has 2 rings (SSSR count). The average molecular weight is 492 g/mol. The summed E-state index contributed by atoms with van der Waals surface area (Å²) in [5, 5.41) is 19.8. The SMILES string of the molecule is CO[C@H](C(=O)N1C(=O)OC[C@@H]1C(C)C)[C@@H]1O[C@](O)(CCCCCCO)C(Br)=CC1=O. The zero-order valence-corrected chi connectivity index (χ0v) is 19.1. The lowest BCUT2D eigenvalue weighted by Gasteiger charge is -2.38. The van der Waals surface area contributed by atoms with Crippen molar-refractivity contribution >= 4 is 33.7 Å². The van der Waals surface area contributed by atoms with Gasteiger partial charge in [-0.25, -0.2) is 9.69 Å². The van der Waals surface area contributed by atoms with Crippen LogP contribution in [-0.4, -0.2) is 77.3 Å². The lowest BCUT2D eigenvalue weighted by molar-refractivity contribution is -0.227. The highest BCUT2D eigenvalue weighted by Crippen LogP contribution is 2.36. The van der Waals surface area contributed by atoms with Gasteiger partial charge in [-0.3, -0.25) is 9.59 Å². The van der Waals surface area contributed by atoms with Crippen LogP contribution in [0, 0.1) is 5.92 Å². The molecule has 2 heterocycles. The van der Waals surface area contributed by atoms with Gasteiger partial charge in [0.2, 0.25) is 0 Å². The van der Waals surface area contributed by atoms with Crippen LogP contribution in [0.25, 0.3) is 0 Å². The van der Waals surface area contributed by atoms with Crippen molar-refractivity contribution in [3.8, 4) is 0 Å². The maximum Gasteiger partial charge on any atom is 0.417 e. The number of methoxy groups -OCH3 is 1. The van der Waals surface area contributed by atoms with Crippen LogP contribution in [0.5, 0.6) is 0 Å². The number of unbranched alkanes of at least 4 members (excludes halogenated alkanes) is 3. The number of hydrogen-bond donors (Lipinski definition) is 2. The number of carbonyl (C=O) groups is 3. The van der Waals surface area contributed by atoms with Crippen molar-refractivity contribution in [1.82, 2.24) is 4.90 Å². The van der Waals surface area contributed by atoms with Gasteiger partial charge in [-0.05, 0) is 40.8 Å². The molecule has 0 unspecified atom stereocenters. The smallest absolute Gasteiger partial charge is 0.417 e. The number of halogens is 1. The van der Waals surface area contributed by atoms with Crippen LogP contribution in [-0.2, 0) is 23.8 Å². The molecule has 1 saturated heterocycles. The minimum Gasteiger partial charge on any atom is -0.447 e. The van der Waals surface area contributed by atoms with Gasteiger partial charge in [0.25, 0.3) is 5.91 Å². The second kappa shape index (κ2) is 10.8. The molecule has 30 heavy (non-hydrogen) atoms. The van der Waals surface area contributed by atoms with Crippen LogP contribution in [0.2, 0.25) is 0 Å². The van der Waals surface area contributed by atoms with Gasteiger partial charge in [0, 0.05) is 20.1 Å². The number of ether oxygens (including phenoxy) is 3. The lowest BCUT2D eigenvalue weighted by Crippen LogP contribution is -2.56. The number of cyclic esters (lactones) is 1. The molecule has 1 fully saturated rings. The first-order chi connectivity index (χ1) is 14.2. The molecule has 0 aromatic carbocycles. The minimum absolute atomic E-state index is 0.0502. The lowest BCUT2D eigenvalue weighted by atomic mass is 9.97. The Morgan fingerprint density at radius 1 is 1.33 bits per heavy atom. The Morgan fingerprint density at radius 2 is 2.00 bits per heavy atom. The van der Waals surface area contributed by atoms with Crippen LogP contribution >= 0.6 is 15.9 Å². The molecule has 2 aliphatic rings. The van der Waals surface area contributed by atoms with Crippen LogP contribution in [0.1, 0.15) is 46.0 Å². The van der Waals surface area contributed by atoms with Gasteiger partial charge in [0.15, 0.2) is 23.8 Å². The van der Waals surface area contributed by atoms with E-state index in [-0.39, 0.29) is 30.0 Å². The summed E-state index contributed by atoms with van der Waals surface area (Å²) in [4.78, 5) is 38.8. The van der Waals surface area contributed by atoms with Crippen molar-refractivity contribution in [3.63, 3.8) is 0 Å². The first-order valence-corrected chi connectivity index (χ1v) is 10.9. The Hall–Kier alpha value is -1.33. The van der Waals surface area contributed by atoms with Crippen LogP contribution in [0.15, 0.2) is 10.6 Å². The van der Waals surface area contributed by atoms with Crippen molar-refractivity contribution in [2.75, 3.05) is 20.3 Å². The standard InChI is InChI=1S/C20H30BrNO8/c1-12(2)13-11-29-19(26)22(13)18(25)17(28-3)16-14(24)10-15(21)20(27,30-16)8-6-4-5-7-9-23/h10,12-13,16-17,23,27H,4-9,11H2,1-3H3/t13-,16-,17+,20-/m1/s1. The molecule has 2 N–H and O–H groups in total. The summed E-state index contributed by atoms with van der Waals surface area (Å²) >= 11 is 3.19. The summed E-state index contributed by atoms with van der Waals surface area (Å²) in [5.41, 5.74) is 0. The van der Waals surface area contributed by atoms with E-state index in [2.05, 4.69) is 15.9 Å². The Bertz CT molecular complexity index is 682. The van der Waals surface area contributed by atoms with Crippen molar-refractivity contribution in [2.24, 2.45) is 5.92 Å². The number of carbonyl (C=O) groups excluding carboxylic acids is 3. The first kappa shape index (κ1) is 24.9. The second-order valence-electron chi connectivity index (χ2n) is 7.86. The predicted octanol–water partition coefficient (Wildman–Crippen LogP) is 1.88. The third-order valence-electron chi connectivity index (χ3n) is 5.35. The zero-order chi connectivity index (χ0) is 22.5. The fourth-order valence-electron chi connectivity index (χ4n) is 3.53. The Kier molecular flexibility index (Phi) is 8.98. The highest BCUT2D eigenvalue weighted by Gasteiger charge is 2.50. The summed E-state index contributed by atoms with van der Waals surface area (Å²) in [5.74, 6) is -3.14. The molecule has 10 heteroatoms. The molecular weight excluding hydrogens is 462 g/mol. The molecule has 2 aliphatic heterocycles. The number of imide groups is 1. The van der Waals surface area contributed by atoms with E-state index in [9.17, 15) is 19.5 Å². The number of nitrogens with zero attached hydrogens (tertiary/aromatic N) is 1. The number of amides is 2. The van der Waals surface area contributed by atoms with Crippen LogP contribution in [0.3, 0.4) is 0 Å². The Balaban J connectivity index is 2.17. The number of aliphatic hydroxyl groups excluding tert-OH is 1. The van der Waals surface area contributed by atoms with E-state index in [4.69, 9.17) is 19.3 Å². The summed E-state index contributed by atoms with van der Waals surface area (Å²) in [6.07, 6.45) is 0.555. The molecule has 0 saturated carbocycles. The topological polar surface area (TPSA) is 123 Å². The van der Waals surface area contributed by atoms with Gasteiger partial charge >= 0.3 is 6.09 Å². The van der Waals surface area contributed by atoms with Gasteiger partial charge in [-0.1, -0.05) is 26.7 Å². The molecule has 9 nitrogen and oxygen atoms in total. The maximum absolute atomic E-state index is 13.1. The first-order valence-electron chi connectivity index (χ1n) is 10.1. The molecular formula is C20H30BrNO8. The van der Waals surface area contributed by atoms with E-state index >= 15 is 0 Å². The van der Waals surface area contributed by atoms with Crippen molar-refractivity contribution < 1.29 is 38.8 Å². The fraction of sp³-hybridized carbons (Fsp3) is 0.750. The van der Waals surface area contributed by atoms with Crippen molar-refractivity contribution in [1.29, 1.82) is 0 Å². The molecule has 170 valence electrons. The normalized spacial score (nSPS) is 28.0. The predicted molar refractivity (Wildman–Crippen MR) is 110 cm³/mol. The van der Waals surface area contributed by atoms with Crippen molar-refractivity contribution in [3.05, 3.63) is 10.6 Å². The molecule has 0 radical (unpaired) electrons. The average Bonchev–Trinajstić information content (AvgIpc) is 3.08. The molecule has 0 aromatic heterocycles. The van der Waals surface area contributed by atoms with Gasteiger partial charge < -0.3 is 24.4 Å². The summed E-state index contributed by atoms with van der Waals surface area (Å²) in [6, 6.07) is -0.478. The van der Waals surface area contributed by atoms with Gasteiger partial charge in [0.05, 0.1) is 10.5 Å². The van der Waals surface area contributed by atoms with Crippen molar-refractivity contribution in [2.45, 2.75) is 70.0 Å². The van der Waals surface area contributed by atoms with Crippen LogP contribution in [0.4, 0.5) is 4.79 Å². The Morgan fingerprint density at radius 3 is 2.60 bits per heavy atom. The number of ketones is 1. The largest absolute Gasteiger partial charge is 0.447 e. The third kappa shape index (κ3) is 5.47. The second-order valence-corrected chi connectivity index (χ2v) is 8.71. The summed E-state index contributed by atoms with van der Waals surface area (Å²) in [6.45, 7) is 3.88. The number of aliphatic hydroxyl groups is 2. The molecule has 4 atom stereocenters. The molecule has 2 amide bonds. The van der Waals surface area contributed by atoms with Gasteiger partial charge in [0.1, 0.15) is 6.61 Å². The zero-order valence-electron chi connectivity index (χ0n) is 17.5. The Labute approximate surface area is 184 Å². The maximum atomic E-state index is 13.1. The third-order valence-corrected chi connectivity index (χ3v) is 6.20. The molecule has 0 bridgehead atoms. The molecule has 0 aromatic rings.